The van der Waals surface area contributed by atoms with Gasteiger partial charge in [0.05, 0.1) is 30.5 Å². The highest BCUT2D eigenvalue weighted by Crippen LogP contribution is 2.32. The number of carbonyl (C=O) groups excluding carboxylic acids is 1. The predicted molar refractivity (Wildman–Crippen MR) is 78.8 cm³/mol. The van der Waals surface area contributed by atoms with Gasteiger partial charge in [-0.15, -0.1) is 11.3 Å². The van der Waals surface area contributed by atoms with Crippen molar-refractivity contribution in [1.29, 1.82) is 5.26 Å². The van der Waals surface area contributed by atoms with E-state index in [9.17, 15) is 9.18 Å². The fourth-order valence-electron chi connectivity index (χ4n) is 1.37. The number of carbonyl (C=O) groups is 1. The van der Waals surface area contributed by atoms with E-state index in [1.54, 1.807) is 6.07 Å². The Hall–Kier alpha value is -1.23. The number of amides is 1. The van der Waals surface area contributed by atoms with Gasteiger partial charge in [0.25, 0.3) is 5.91 Å². The molecule has 2 rings (SSSR count). The first-order valence-electron chi connectivity index (χ1n) is 4.97. The first kappa shape index (κ1) is 14.2. The van der Waals surface area contributed by atoms with E-state index in [4.69, 9.17) is 5.26 Å². The smallest absolute Gasteiger partial charge is 0.257 e. The van der Waals surface area contributed by atoms with Gasteiger partial charge in [-0.2, -0.15) is 5.26 Å². The predicted octanol–water partition coefficient (Wildman–Crippen LogP) is 4.54. The minimum absolute atomic E-state index is 0.0400. The van der Waals surface area contributed by atoms with Crippen LogP contribution in [0.2, 0.25) is 0 Å². The second-order valence-electron chi connectivity index (χ2n) is 3.50. The lowest BCUT2D eigenvalue weighted by Crippen LogP contribution is -2.12. The molecule has 0 unspecified atom stereocenters. The molecule has 0 saturated heterocycles. The molecule has 2 aromatic rings. The third kappa shape index (κ3) is 3.21. The van der Waals surface area contributed by atoms with E-state index in [-0.39, 0.29) is 11.3 Å². The Bertz CT molecular complexity index is 694. The Morgan fingerprint density at radius 2 is 2.11 bits per heavy atom. The van der Waals surface area contributed by atoms with Crippen molar-refractivity contribution < 1.29 is 9.18 Å². The summed E-state index contributed by atoms with van der Waals surface area (Å²) in [6.07, 6.45) is 0. The van der Waals surface area contributed by atoms with Crippen molar-refractivity contribution in [3.63, 3.8) is 0 Å². The van der Waals surface area contributed by atoms with Crippen molar-refractivity contribution in [2.75, 3.05) is 5.32 Å². The maximum Gasteiger partial charge on any atom is 0.257 e. The highest BCUT2D eigenvalue weighted by molar-refractivity contribution is 9.12. The summed E-state index contributed by atoms with van der Waals surface area (Å²) in [4.78, 5) is 12.0. The van der Waals surface area contributed by atoms with Gasteiger partial charge in [-0.25, -0.2) is 4.39 Å². The molecule has 7 heteroatoms. The van der Waals surface area contributed by atoms with E-state index in [0.29, 0.717) is 9.35 Å². The summed E-state index contributed by atoms with van der Waals surface area (Å²) in [5.74, 6) is -1.06. The fourth-order valence-corrected chi connectivity index (χ4v) is 4.16. The zero-order valence-electron chi connectivity index (χ0n) is 9.21. The van der Waals surface area contributed by atoms with Crippen molar-refractivity contribution in [3.05, 3.63) is 48.8 Å². The second kappa shape index (κ2) is 5.82. The van der Waals surface area contributed by atoms with Gasteiger partial charge >= 0.3 is 0 Å². The van der Waals surface area contributed by atoms with E-state index in [1.165, 1.54) is 23.5 Å². The summed E-state index contributed by atoms with van der Waals surface area (Å²) < 4.78 is 15.1. The molecule has 1 heterocycles. The lowest BCUT2D eigenvalue weighted by Gasteiger charge is -2.05. The number of anilines is 1. The van der Waals surface area contributed by atoms with Crippen LogP contribution in [-0.2, 0) is 0 Å². The van der Waals surface area contributed by atoms with Crippen LogP contribution in [0.5, 0.6) is 0 Å². The topological polar surface area (TPSA) is 52.9 Å². The molecule has 0 atom stereocenters. The number of hydrogen-bond donors (Lipinski definition) is 1. The van der Waals surface area contributed by atoms with Crippen LogP contribution in [0.4, 0.5) is 10.1 Å². The Morgan fingerprint density at radius 3 is 2.63 bits per heavy atom. The lowest BCUT2D eigenvalue weighted by atomic mass is 10.2. The van der Waals surface area contributed by atoms with Crippen molar-refractivity contribution >= 4 is 54.8 Å². The standard InChI is InChI=1S/C12H5Br2FN2OS/c13-10-4-7(11(14)19-10)12(18)17-9-2-1-6(5-16)3-8(9)15/h1-4H,(H,17,18). The summed E-state index contributed by atoms with van der Waals surface area (Å²) >= 11 is 7.89. The van der Waals surface area contributed by atoms with E-state index >= 15 is 0 Å². The number of benzene rings is 1. The van der Waals surface area contributed by atoms with Crippen molar-refractivity contribution in [2.24, 2.45) is 0 Å². The Balaban J connectivity index is 2.25. The molecule has 3 nitrogen and oxygen atoms in total. The van der Waals surface area contributed by atoms with Crippen molar-refractivity contribution in [2.45, 2.75) is 0 Å². The van der Waals surface area contributed by atoms with Crippen LogP contribution in [0.1, 0.15) is 15.9 Å². The summed E-state index contributed by atoms with van der Waals surface area (Å²) in [5.41, 5.74) is 0.661. The highest BCUT2D eigenvalue weighted by Gasteiger charge is 2.15. The van der Waals surface area contributed by atoms with Crippen LogP contribution in [0, 0.1) is 17.1 Å². The van der Waals surface area contributed by atoms with Gasteiger partial charge < -0.3 is 5.32 Å². The van der Waals surface area contributed by atoms with E-state index < -0.39 is 11.7 Å². The molecule has 1 aromatic heterocycles. The van der Waals surface area contributed by atoms with Gasteiger partial charge in [-0.3, -0.25) is 4.79 Å². The van der Waals surface area contributed by atoms with Gasteiger partial charge in [-0.05, 0) is 56.1 Å². The van der Waals surface area contributed by atoms with E-state index in [2.05, 4.69) is 37.2 Å². The van der Waals surface area contributed by atoms with Gasteiger partial charge in [0.1, 0.15) is 5.82 Å². The van der Waals surface area contributed by atoms with Gasteiger partial charge in [0.2, 0.25) is 0 Å². The molecule has 0 aliphatic heterocycles. The molecule has 96 valence electrons. The normalized spacial score (nSPS) is 10.0. The lowest BCUT2D eigenvalue weighted by molar-refractivity contribution is 0.102. The van der Waals surface area contributed by atoms with Crippen LogP contribution in [0.25, 0.3) is 0 Å². The monoisotopic (exact) mass is 402 g/mol. The second-order valence-corrected chi connectivity index (χ2v) is 7.25. The molecular weight excluding hydrogens is 399 g/mol. The summed E-state index contributed by atoms with van der Waals surface area (Å²) in [5, 5.41) is 11.1. The number of hydrogen-bond acceptors (Lipinski definition) is 3. The number of halogens is 3. The fraction of sp³-hybridized carbons (Fsp3) is 0. The molecule has 0 spiro atoms. The molecule has 1 aromatic carbocycles. The molecular formula is C12H5Br2FN2OS. The molecule has 0 bridgehead atoms. The number of nitrogens with zero attached hydrogens (tertiary/aromatic N) is 1. The van der Waals surface area contributed by atoms with Crippen LogP contribution in [0.15, 0.2) is 31.8 Å². The number of rotatable bonds is 2. The van der Waals surface area contributed by atoms with Crippen molar-refractivity contribution in [1.82, 2.24) is 0 Å². The number of nitrogens with one attached hydrogen (secondary N) is 1. The molecule has 0 saturated carbocycles. The van der Waals surface area contributed by atoms with E-state index in [1.807, 2.05) is 6.07 Å². The molecule has 1 N–H and O–H groups in total. The largest absolute Gasteiger partial charge is 0.319 e. The number of thiophene rings is 1. The average molecular weight is 404 g/mol. The molecule has 0 fully saturated rings. The molecule has 1 amide bonds. The minimum atomic E-state index is -0.641. The quantitative estimate of drug-likeness (QED) is 0.800. The maximum atomic E-state index is 13.6. The zero-order chi connectivity index (χ0) is 14.0. The van der Waals surface area contributed by atoms with Gasteiger partial charge in [0.15, 0.2) is 0 Å². The van der Waals surface area contributed by atoms with Crippen LogP contribution < -0.4 is 5.32 Å². The summed E-state index contributed by atoms with van der Waals surface area (Å²) in [6, 6.07) is 7.35. The van der Waals surface area contributed by atoms with Crippen molar-refractivity contribution in [3.8, 4) is 6.07 Å². The summed E-state index contributed by atoms with van der Waals surface area (Å²) in [6.45, 7) is 0. The Kier molecular flexibility index (Phi) is 4.34. The first-order valence-corrected chi connectivity index (χ1v) is 7.37. The van der Waals surface area contributed by atoms with Gasteiger partial charge in [0, 0.05) is 0 Å². The zero-order valence-corrected chi connectivity index (χ0v) is 13.2. The molecule has 0 radical (unpaired) electrons. The Labute approximate surface area is 129 Å². The van der Waals surface area contributed by atoms with Crippen LogP contribution in [-0.4, -0.2) is 5.91 Å². The third-order valence-electron chi connectivity index (χ3n) is 2.25. The van der Waals surface area contributed by atoms with Gasteiger partial charge in [-0.1, -0.05) is 0 Å². The first-order chi connectivity index (χ1) is 9.01. The van der Waals surface area contributed by atoms with E-state index in [0.717, 1.165) is 9.85 Å². The SMILES string of the molecule is N#Cc1ccc(NC(=O)c2cc(Br)sc2Br)c(F)c1. The van der Waals surface area contributed by atoms with Crippen LogP contribution in [0.3, 0.4) is 0 Å². The minimum Gasteiger partial charge on any atom is -0.319 e. The molecule has 0 aliphatic rings. The number of nitriles is 1. The highest BCUT2D eigenvalue weighted by atomic mass is 79.9. The van der Waals surface area contributed by atoms with Crippen LogP contribution >= 0.6 is 43.2 Å². The Morgan fingerprint density at radius 1 is 1.37 bits per heavy atom. The molecule has 0 aliphatic carbocycles. The maximum absolute atomic E-state index is 13.6. The average Bonchev–Trinajstić information content (AvgIpc) is 2.71. The summed E-state index contributed by atoms with van der Waals surface area (Å²) in [7, 11) is 0. The molecule has 19 heavy (non-hydrogen) atoms. The third-order valence-corrected chi connectivity index (χ3v) is 4.59.